The Morgan fingerprint density at radius 2 is 0.533 bits per heavy atom. The zero-order chi connectivity index (χ0) is 43.6. The number of rotatable bonds is 51. The first kappa shape index (κ1) is 58.8. The fraction of sp³-hybridized carbons (Fsp3) is 0.978. The number of carbonyl (C=O) groups is 1. The lowest BCUT2D eigenvalue weighted by atomic mass is 10.0. The molecule has 15 nitrogen and oxygen atoms in total. The fourth-order valence-corrected chi connectivity index (χ4v) is 5.46. The van der Waals surface area contributed by atoms with Crippen LogP contribution in [0.5, 0.6) is 0 Å². The van der Waals surface area contributed by atoms with Crippen molar-refractivity contribution in [2.75, 3.05) is 165 Å². The van der Waals surface area contributed by atoms with Gasteiger partial charge in [-0.2, -0.15) is 0 Å². The minimum absolute atomic E-state index is 0.383. The van der Waals surface area contributed by atoms with Gasteiger partial charge in [0.05, 0.1) is 152 Å². The quantitative estimate of drug-likeness (QED) is 0.0615. The molecular weight excluding hydrogens is 778 g/mol. The lowest BCUT2D eigenvalue weighted by Crippen LogP contribution is -2.34. The second-order valence-electron chi connectivity index (χ2n) is 15.4. The molecule has 1 N–H and O–H groups in total. The van der Waals surface area contributed by atoms with Crippen LogP contribution in [-0.4, -0.2) is 177 Å². The van der Waals surface area contributed by atoms with Crippen LogP contribution in [0.25, 0.3) is 0 Å². The SMILES string of the molecule is CCCCCCCCCCCCCCCCOCCOCCOCCOCCOCCOCCOCCOCCOCCOCCOCCOCCNC(=O)OC(C)(C)C. The highest BCUT2D eigenvalue weighted by atomic mass is 16.6. The third-order valence-corrected chi connectivity index (χ3v) is 8.65. The van der Waals surface area contributed by atoms with E-state index in [1.165, 1.54) is 83.5 Å². The predicted octanol–water partition coefficient (Wildman–Crippen LogP) is 7.19. The highest BCUT2D eigenvalue weighted by Crippen LogP contribution is 2.13. The predicted molar refractivity (Wildman–Crippen MR) is 234 cm³/mol. The van der Waals surface area contributed by atoms with E-state index < -0.39 is 11.7 Å². The number of nitrogens with one attached hydrogen (secondary N) is 1. The molecule has 360 valence electrons. The van der Waals surface area contributed by atoms with Crippen molar-refractivity contribution in [2.45, 2.75) is 123 Å². The standard InChI is InChI=1S/C45H91NO14/c1-5-6-7-8-9-10-11-12-13-14-15-16-17-18-20-48-22-24-50-26-28-52-30-32-54-34-36-56-38-40-58-42-43-59-41-39-57-37-35-55-33-31-53-29-27-51-25-23-49-21-19-46-44(47)60-45(2,3)4/h5-43H2,1-4H3,(H,46,47). The molecular formula is C45H91NO14. The lowest BCUT2D eigenvalue weighted by molar-refractivity contribution is -0.0283. The molecule has 0 aliphatic rings. The molecule has 0 aliphatic carbocycles. The molecule has 1 amide bonds. The van der Waals surface area contributed by atoms with Crippen LogP contribution in [0.3, 0.4) is 0 Å². The zero-order valence-corrected chi connectivity index (χ0v) is 38.8. The summed E-state index contributed by atoms with van der Waals surface area (Å²) in [4.78, 5) is 11.5. The Labute approximate surface area is 365 Å². The fourth-order valence-electron chi connectivity index (χ4n) is 5.46. The minimum Gasteiger partial charge on any atom is -0.444 e. The van der Waals surface area contributed by atoms with Crippen molar-refractivity contribution in [2.24, 2.45) is 0 Å². The van der Waals surface area contributed by atoms with E-state index in [1.54, 1.807) is 0 Å². The van der Waals surface area contributed by atoms with Crippen LogP contribution in [0, 0.1) is 0 Å². The summed E-state index contributed by atoms with van der Waals surface area (Å²) < 4.78 is 71.4. The van der Waals surface area contributed by atoms with Crippen molar-refractivity contribution in [3.63, 3.8) is 0 Å². The van der Waals surface area contributed by atoms with Gasteiger partial charge in [-0.3, -0.25) is 0 Å². The average molecular weight is 870 g/mol. The second kappa shape index (κ2) is 50.4. The van der Waals surface area contributed by atoms with E-state index in [1.807, 2.05) is 20.8 Å². The molecule has 0 unspecified atom stereocenters. The maximum Gasteiger partial charge on any atom is 0.407 e. The van der Waals surface area contributed by atoms with Gasteiger partial charge in [0, 0.05) is 13.2 Å². The van der Waals surface area contributed by atoms with Crippen molar-refractivity contribution >= 4 is 6.09 Å². The van der Waals surface area contributed by atoms with Gasteiger partial charge in [0.15, 0.2) is 0 Å². The van der Waals surface area contributed by atoms with Crippen molar-refractivity contribution in [3.05, 3.63) is 0 Å². The van der Waals surface area contributed by atoms with Crippen molar-refractivity contribution in [3.8, 4) is 0 Å². The summed E-state index contributed by atoms with van der Waals surface area (Å²) in [5.74, 6) is 0. The van der Waals surface area contributed by atoms with E-state index in [9.17, 15) is 4.79 Å². The molecule has 0 saturated carbocycles. The number of unbranched alkanes of at least 4 members (excludes halogenated alkanes) is 13. The van der Waals surface area contributed by atoms with Gasteiger partial charge in [-0.25, -0.2) is 4.79 Å². The van der Waals surface area contributed by atoms with Crippen LogP contribution in [0.4, 0.5) is 4.79 Å². The topological polar surface area (TPSA) is 149 Å². The lowest BCUT2D eigenvalue weighted by Gasteiger charge is -2.19. The highest BCUT2D eigenvalue weighted by molar-refractivity contribution is 5.67. The molecule has 0 bridgehead atoms. The Hall–Kier alpha value is -1.21. The van der Waals surface area contributed by atoms with E-state index >= 15 is 0 Å². The van der Waals surface area contributed by atoms with Gasteiger partial charge in [0.25, 0.3) is 0 Å². The third-order valence-electron chi connectivity index (χ3n) is 8.65. The van der Waals surface area contributed by atoms with Gasteiger partial charge in [-0.05, 0) is 27.2 Å². The van der Waals surface area contributed by atoms with Crippen LogP contribution < -0.4 is 5.32 Å². The van der Waals surface area contributed by atoms with Gasteiger partial charge in [0.1, 0.15) is 5.60 Å². The summed E-state index contributed by atoms with van der Waals surface area (Å²) in [6, 6.07) is 0. The molecule has 0 aromatic rings. The molecule has 60 heavy (non-hydrogen) atoms. The molecule has 0 fully saturated rings. The van der Waals surface area contributed by atoms with Crippen LogP contribution in [-0.2, 0) is 61.6 Å². The van der Waals surface area contributed by atoms with E-state index in [0.29, 0.717) is 159 Å². The monoisotopic (exact) mass is 870 g/mol. The Balaban J connectivity index is 3.09. The summed E-state index contributed by atoms with van der Waals surface area (Å²) in [7, 11) is 0. The maximum atomic E-state index is 11.5. The smallest absolute Gasteiger partial charge is 0.407 e. The number of ether oxygens (including phenoxy) is 13. The number of hydrogen-bond donors (Lipinski definition) is 1. The number of carbonyl (C=O) groups excluding carboxylic acids is 1. The first-order chi connectivity index (χ1) is 29.5. The highest BCUT2D eigenvalue weighted by Gasteiger charge is 2.15. The van der Waals surface area contributed by atoms with Gasteiger partial charge in [-0.1, -0.05) is 90.4 Å². The van der Waals surface area contributed by atoms with Gasteiger partial charge in [0.2, 0.25) is 0 Å². The first-order valence-electron chi connectivity index (χ1n) is 23.4. The summed E-state index contributed by atoms with van der Waals surface area (Å²) in [6.45, 7) is 20.7. The molecule has 0 atom stereocenters. The van der Waals surface area contributed by atoms with Crippen LogP contribution >= 0.6 is 0 Å². The number of alkyl carbamates (subject to hydrolysis) is 1. The van der Waals surface area contributed by atoms with Crippen molar-refractivity contribution in [1.29, 1.82) is 0 Å². The number of amides is 1. The molecule has 0 aromatic heterocycles. The molecule has 0 aliphatic heterocycles. The van der Waals surface area contributed by atoms with Crippen molar-refractivity contribution in [1.82, 2.24) is 5.32 Å². The summed E-state index contributed by atoms with van der Waals surface area (Å²) in [5, 5.41) is 2.64. The van der Waals surface area contributed by atoms with Gasteiger partial charge in [-0.15, -0.1) is 0 Å². The molecule has 0 spiro atoms. The molecule has 0 heterocycles. The average Bonchev–Trinajstić information content (AvgIpc) is 3.22. The zero-order valence-electron chi connectivity index (χ0n) is 38.8. The minimum atomic E-state index is -0.512. The maximum absolute atomic E-state index is 11.5. The van der Waals surface area contributed by atoms with Crippen LogP contribution in [0.15, 0.2) is 0 Å². The third kappa shape index (κ3) is 54.8. The van der Waals surface area contributed by atoms with E-state index in [-0.39, 0.29) is 0 Å². The second-order valence-corrected chi connectivity index (χ2v) is 15.4. The number of hydrogen-bond acceptors (Lipinski definition) is 14. The van der Waals surface area contributed by atoms with E-state index in [4.69, 9.17) is 61.6 Å². The van der Waals surface area contributed by atoms with Crippen molar-refractivity contribution < 1.29 is 66.4 Å². The molecule has 0 rings (SSSR count). The van der Waals surface area contributed by atoms with Crippen LogP contribution in [0.1, 0.15) is 118 Å². The Morgan fingerprint density at radius 1 is 0.317 bits per heavy atom. The normalized spacial score (nSPS) is 11.8. The molecule has 0 aromatic carbocycles. The summed E-state index contributed by atoms with van der Waals surface area (Å²) in [6.07, 6.45) is 18.8. The van der Waals surface area contributed by atoms with E-state index in [2.05, 4.69) is 12.2 Å². The Bertz CT molecular complexity index is 823. The van der Waals surface area contributed by atoms with Crippen LogP contribution in [0.2, 0.25) is 0 Å². The summed E-state index contributed by atoms with van der Waals surface area (Å²) >= 11 is 0. The first-order valence-corrected chi connectivity index (χ1v) is 23.4. The molecule has 0 saturated heterocycles. The molecule has 15 heteroatoms. The Kier molecular flexibility index (Phi) is 49.4. The molecule has 0 radical (unpaired) electrons. The largest absolute Gasteiger partial charge is 0.444 e. The van der Waals surface area contributed by atoms with E-state index in [0.717, 1.165) is 13.0 Å². The Morgan fingerprint density at radius 3 is 0.783 bits per heavy atom. The van der Waals surface area contributed by atoms with Gasteiger partial charge < -0.3 is 66.9 Å². The van der Waals surface area contributed by atoms with Gasteiger partial charge >= 0.3 is 6.09 Å². The summed E-state index contributed by atoms with van der Waals surface area (Å²) in [5.41, 5.74) is -0.512.